The molecule has 1 aromatic rings. The number of carbonyl (C=O) groups is 2. The fourth-order valence-corrected chi connectivity index (χ4v) is 1.71. The minimum atomic E-state index is -0.0588. The van der Waals surface area contributed by atoms with E-state index in [-0.39, 0.29) is 11.8 Å². The number of nitrogens with zero attached hydrogens (tertiary/aromatic N) is 1. The van der Waals surface area contributed by atoms with Gasteiger partial charge in [0.1, 0.15) is 0 Å². The lowest BCUT2D eigenvalue weighted by Crippen LogP contribution is -2.22. The number of rotatable bonds is 5. The summed E-state index contributed by atoms with van der Waals surface area (Å²) < 4.78 is 0. The van der Waals surface area contributed by atoms with Crippen molar-refractivity contribution in [2.45, 2.75) is 19.8 Å². The molecule has 0 heterocycles. The quantitative estimate of drug-likeness (QED) is 0.842. The number of aryl methyl sites for hydroxylation is 1. The van der Waals surface area contributed by atoms with Gasteiger partial charge in [0.2, 0.25) is 5.91 Å². The van der Waals surface area contributed by atoms with E-state index in [0.717, 1.165) is 5.56 Å². The summed E-state index contributed by atoms with van der Waals surface area (Å²) in [5, 5.41) is 2.79. The normalized spacial score (nSPS) is 10.1. The lowest BCUT2D eigenvalue weighted by molar-refractivity contribution is -0.116. The van der Waals surface area contributed by atoms with Crippen molar-refractivity contribution in [2.24, 2.45) is 5.73 Å². The van der Waals surface area contributed by atoms with Crippen LogP contribution in [0.15, 0.2) is 18.2 Å². The summed E-state index contributed by atoms with van der Waals surface area (Å²) >= 11 is 0. The third kappa shape index (κ3) is 4.37. The number of anilines is 1. The molecule has 0 saturated heterocycles. The smallest absolute Gasteiger partial charge is 0.253 e. The molecule has 0 saturated carbocycles. The Morgan fingerprint density at radius 3 is 2.53 bits per heavy atom. The molecule has 3 N–H and O–H groups in total. The SMILES string of the molecule is Cc1cc(NC(=O)CCCN)ccc1C(=O)N(C)C. The largest absolute Gasteiger partial charge is 0.345 e. The number of carbonyl (C=O) groups excluding carboxylic acids is 2. The van der Waals surface area contributed by atoms with Crippen LogP contribution in [0.4, 0.5) is 5.69 Å². The Hall–Kier alpha value is -1.88. The van der Waals surface area contributed by atoms with E-state index in [2.05, 4.69) is 5.32 Å². The van der Waals surface area contributed by atoms with Crippen LogP contribution in [0.3, 0.4) is 0 Å². The second kappa shape index (κ2) is 6.89. The second-order valence-electron chi connectivity index (χ2n) is 4.67. The van der Waals surface area contributed by atoms with Gasteiger partial charge >= 0.3 is 0 Å². The van der Waals surface area contributed by atoms with E-state index in [0.29, 0.717) is 30.6 Å². The average Bonchev–Trinajstić information content (AvgIpc) is 2.35. The Bertz CT molecular complexity index is 470. The van der Waals surface area contributed by atoms with Gasteiger partial charge in [-0.1, -0.05) is 0 Å². The van der Waals surface area contributed by atoms with Crippen LogP contribution in [0.5, 0.6) is 0 Å². The van der Waals surface area contributed by atoms with Gasteiger partial charge in [0.05, 0.1) is 0 Å². The Morgan fingerprint density at radius 1 is 1.32 bits per heavy atom. The highest BCUT2D eigenvalue weighted by Gasteiger charge is 2.11. The van der Waals surface area contributed by atoms with Gasteiger partial charge in [-0.3, -0.25) is 9.59 Å². The summed E-state index contributed by atoms with van der Waals surface area (Å²) in [7, 11) is 3.43. The van der Waals surface area contributed by atoms with E-state index < -0.39 is 0 Å². The number of hydrogen-bond donors (Lipinski definition) is 2. The topological polar surface area (TPSA) is 75.4 Å². The van der Waals surface area contributed by atoms with Crippen molar-refractivity contribution >= 4 is 17.5 Å². The molecule has 5 nitrogen and oxygen atoms in total. The van der Waals surface area contributed by atoms with Gasteiger partial charge in [0.25, 0.3) is 5.91 Å². The van der Waals surface area contributed by atoms with Gasteiger partial charge in [0.15, 0.2) is 0 Å². The van der Waals surface area contributed by atoms with Crippen LogP contribution < -0.4 is 11.1 Å². The third-order valence-electron chi connectivity index (χ3n) is 2.75. The number of nitrogens with one attached hydrogen (secondary N) is 1. The molecule has 0 bridgehead atoms. The maximum Gasteiger partial charge on any atom is 0.253 e. The molecule has 2 amide bonds. The molecule has 0 aliphatic rings. The summed E-state index contributed by atoms with van der Waals surface area (Å²) in [5.74, 6) is -0.102. The Labute approximate surface area is 113 Å². The van der Waals surface area contributed by atoms with E-state index in [9.17, 15) is 9.59 Å². The second-order valence-corrected chi connectivity index (χ2v) is 4.67. The van der Waals surface area contributed by atoms with E-state index in [1.165, 1.54) is 4.90 Å². The summed E-state index contributed by atoms with van der Waals surface area (Å²) in [4.78, 5) is 25.0. The van der Waals surface area contributed by atoms with Crippen LogP contribution in [-0.4, -0.2) is 37.4 Å². The fraction of sp³-hybridized carbons (Fsp3) is 0.429. The number of benzene rings is 1. The van der Waals surface area contributed by atoms with Gasteiger partial charge < -0.3 is 16.0 Å². The van der Waals surface area contributed by atoms with E-state index in [4.69, 9.17) is 5.73 Å². The molecule has 0 fully saturated rings. The average molecular weight is 263 g/mol. The van der Waals surface area contributed by atoms with E-state index >= 15 is 0 Å². The maximum atomic E-state index is 11.9. The van der Waals surface area contributed by atoms with Crippen molar-refractivity contribution in [1.82, 2.24) is 4.90 Å². The highest BCUT2D eigenvalue weighted by atomic mass is 16.2. The molecular weight excluding hydrogens is 242 g/mol. The van der Waals surface area contributed by atoms with Crippen molar-refractivity contribution < 1.29 is 9.59 Å². The minimum Gasteiger partial charge on any atom is -0.345 e. The molecule has 0 aliphatic heterocycles. The van der Waals surface area contributed by atoms with Crippen LogP contribution in [0, 0.1) is 6.92 Å². The highest BCUT2D eigenvalue weighted by molar-refractivity contribution is 5.97. The molecule has 0 unspecified atom stereocenters. The third-order valence-corrected chi connectivity index (χ3v) is 2.75. The Balaban J connectivity index is 2.77. The van der Waals surface area contributed by atoms with E-state index in [1.807, 2.05) is 6.92 Å². The molecule has 0 atom stereocenters. The van der Waals surface area contributed by atoms with Crippen LogP contribution in [0.2, 0.25) is 0 Å². The first-order valence-corrected chi connectivity index (χ1v) is 6.28. The summed E-state index contributed by atoms with van der Waals surface area (Å²) in [6.07, 6.45) is 1.08. The van der Waals surface area contributed by atoms with Crippen LogP contribution >= 0.6 is 0 Å². The van der Waals surface area contributed by atoms with Crippen molar-refractivity contribution in [3.63, 3.8) is 0 Å². The lowest BCUT2D eigenvalue weighted by atomic mass is 10.1. The van der Waals surface area contributed by atoms with Gasteiger partial charge in [-0.25, -0.2) is 0 Å². The zero-order valence-electron chi connectivity index (χ0n) is 11.7. The Morgan fingerprint density at radius 2 is 2.00 bits per heavy atom. The summed E-state index contributed by atoms with van der Waals surface area (Å²) in [5.41, 5.74) is 7.54. The molecule has 0 radical (unpaired) electrons. The molecule has 0 aliphatic carbocycles. The van der Waals surface area contributed by atoms with Crippen molar-refractivity contribution in [2.75, 3.05) is 26.0 Å². The van der Waals surface area contributed by atoms with Crippen molar-refractivity contribution in [3.8, 4) is 0 Å². The van der Waals surface area contributed by atoms with Crippen LogP contribution in [0.25, 0.3) is 0 Å². The molecule has 104 valence electrons. The van der Waals surface area contributed by atoms with Gasteiger partial charge in [-0.15, -0.1) is 0 Å². The van der Waals surface area contributed by atoms with E-state index in [1.54, 1.807) is 32.3 Å². The summed E-state index contributed by atoms with van der Waals surface area (Å²) in [6, 6.07) is 5.28. The summed E-state index contributed by atoms with van der Waals surface area (Å²) in [6.45, 7) is 2.36. The first-order chi connectivity index (χ1) is 8.95. The lowest BCUT2D eigenvalue weighted by Gasteiger charge is -2.13. The zero-order valence-corrected chi connectivity index (χ0v) is 11.7. The molecule has 5 heteroatoms. The van der Waals surface area contributed by atoms with Crippen molar-refractivity contribution in [1.29, 1.82) is 0 Å². The molecule has 1 rings (SSSR count). The molecular formula is C14H21N3O2. The number of nitrogens with two attached hydrogens (primary N) is 1. The van der Waals surface area contributed by atoms with Crippen LogP contribution in [0.1, 0.15) is 28.8 Å². The first-order valence-electron chi connectivity index (χ1n) is 6.28. The Kier molecular flexibility index (Phi) is 5.51. The highest BCUT2D eigenvalue weighted by Crippen LogP contribution is 2.16. The predicted octanol–water partition coefficient (Wildman–Crippen LogP) is 1.37. The zero-order chi connectivity index (χ0) is 14.4. The minimum absolute atomic E-state index is 0.0430. The number of amides is 2. The van der Waals surface area contributed by atoms with Gasteiger partial charge in [0, 0.05) is 31.8 Å². The standard InChI is InChI=1S/C14H21N3O2/c1-10-9-11(16-13(18)5-4-8-15)6-7-12(10)14(19)17(2)3/h6-7,9H,4-5,8,15H2,1-3H3,(H,16,18). The van der Waals surface area contributed by atoms with Crippen molar-refractivity contribution in [3.05, 3.63) is 29.3 Å². The van der Waals surface area contributed by atoms with Gasteiger partial charge in [-0.2, -0.15) is 0 Å². The van der Waals surface area contributed by atoms with Gasteiger partial charge in [-0.05, 0) is 43.7 Å². The van der Waals surface area contributed by atoms with Crippen LogP contribution in [-0.2, 0) is 4.79 Å². The number of hydrogen-bond acceptors (Lipinski definition) is 3. The maximum absolute atomic E-state index is 11.9. The molecule has 0 aromatic heterocycles. The fourth-order valence-electron chi connectivity index (χ4n) is 1.71. The molecule has 0 spiro atoms. The first kappa shape index (κ1) is 15.2. The monoisotopic (exact) mass is 263 g/mol. The molecule has 19 heavy (non-hydrogen) atoms. The molecule has 1 aromatic carbocycles. The predicted molar refractivity (Wildman–Crippen MR) is 76.1 cm³/mol.